The van der Waals surface area contributed by atoms with Crippen LogP contribution in [0.4, 0.5) is 17.1 Å². The van der Waals surface area contributed by atoms with Gasteiger partial charge >= 0.3 is 0 Å². The van der Waals surface area contributed by atoms with Gasteiger partial charge in [0.15, 0.2) is 0 Å². The molecule has 0 N–H and O–H groups in total. The number of aromatic nitrogens is 1. The number of hydrogen-bond donors (Lipinski definition) is 0. The first-order valence-electron chi connectivity index (χ1n) is 21.8. The Morgan fingerprint density at radius 3 is 1.24 bits per heavy atom. The van der Waals surface area contributed by atoms with Crippen molar-refractivity contribution in [3.05, 3.63) is 277 Å². The molecule has 0 bridgehead atoms. The second-order valence-corrected chi connectivity index (χ2v) is 16.5. The van der Waals surface area contributed by atoms with Crippen LogP contribution in [0.15, 0.2) is 255 Å². The Kier molecular flexibility index (Phi) is 8.76. The molecule has 1 aliphatic heterocycles. The first-order valence-corrected chi connectivity index (χ1v) is 21.8. The van der Waals surface area contributed by atoms with E-state index in [1.165, 1.54) is 83.1 Å². The summed E-state index contributed by atoms with van der Waals surface area (Å²) in [6.45, 7) is 0. The van der Waals surface area contributed by atoms with E-state index < -0.39 is 5.41 Å². The average molecular weight is 803 g/mol. The van der Waals surface area contributed by atoms with Crippen LogP contribution >= 0.6 is 0 Å². The van der Waals surface area contributed by atoms with E-state index in [1.807, 2.05) is 0 Å². The Labute approximate surface area is 368 Å². The molecule has 2 heteroatoms. The number of para-hydroxylation sites is 2. The molecule has 296 valence electrons. The SMILES string of the molecule is c1ccc(-c2ccc(N(c3ccc(-c4ccccc4)cc3)c3ccc(-c4ccc5c(c4)c4cccc6c4n5-c4ccccc4C6(c4ccccc4)c4ccccc4)cc3)cc2)cc1. The van der Waals surface area contributed by atoms with Crippen molar-refractivity contribution in [3.8, 4) is 39.1 Å². The molecule has 0 amide bonds. The van der Waals surface area contributed by atoms with E-state index in [9.17, 15) is 0 Å². The van der Waals surface area contributed by atoms with E-state index in [0.717, 1.165) is 17.1 Å². The van der Waals surface area contributed by atoms with Gasteiger partial charge in [0, 0.05) is 27.8 Å². The molecule has 0 aliphatic carbocycles. The van der Waals surface area contributed by atoms with Gasteiger partial charge < -0.3 is 9.47 Å². The summed E-state index contributed by atoms with van der Waals surface area (Å²) in [6, 6.07) is 93.1. The lowest BCUT2D eigenvalue weighted by molar-refractivity contribution is 0.728. The number of fused-ring (bicyclic) bond motifs is 5. The fourth-order valence-corrected chi connectivity index (χ4v) is 10.2. The fraction of sp³-hybridized carbons (Fsp3) is 0.0164. The highest BCUT2D eigenvalue weighted by Crippen LogP contribution is 2.54. The Morgan fingerprint density at radius 2 is 0.714 bits per heavy atom. The summed E-state index contributed by atoms with van der Waals surface area (Å²) in [4.78, 5) is 2.35. The topological polar surface area (TPSA) is 8.17 Å². The molecule has 0 fully saturated rings. The molecule has 63 heavy (non-hydrogen) atoms. The van der Waals surface area contributed by atoms with Crippen LogP contribution in [0.5, 0.6) is 0 Å². The molecule has 1 aromatic heterocycles. The molecule has 0 unspecified atom stereocenters. The van der Waals surface area contributed by atoms with Crippen LogP contribution in [-0.4, -0.2) is 4.57 Å². The summed E-state index contributed by atoms with van der Waals surface area (Å²) in [5.74, 6) is 0. The monoisotopic (exact) mass is 802 g/mol. The van der Waals surface area contributed by atoms with Crippen LogP contribution in [0.25, 0.3) is 60.9 Å². The lowest BCUT2D eigenvalue weighted by atomic mass is 9.63. The maximum atomic E-state index is 2.51. The number of anilines is 3. The quantitative estimate of drug-likeness (QED) is 0.149. The summed E-state index contributed by atoms with van der Waals surface area (Å²) in [7, 11) is 0. The summed E-state index contributed by atoms with van der Waals surface area (Å²) in [5, 5.41) is 2.51. The van der Waals surface area contributed by atoms with Crippen LogP contribution in [0, 0.1) is 0 Å². The van der Waals surface area contributed by atoms with Crippen molar-refractivity contribution in [1.82, 2.24) is 4.57 Å². The van der Waals surface area contributed by atoms with Gasteiger partial charge in [-0.05, 0) is 110 Å². The summed E-state index contributed by atoms with van der Waals surface area (Å²) in [5.41, 5.74) is 18.8. The van der Waals surface area contributed by atoms with Gasteiger partial charge in [0.25, 0.3) is 0 Å². The van der Waals surface area contributed by atoms with E-state index in [-0.39, 0.29) is 0 Å². The molecular formula is C61H42N2. The molecule has 0 saturated carbocycles. The van der Waals surface area contributed by atoms with Gasteiger partial charge in [-0.1, -0.05) is 200 Å². The normalized spacial score (nSPS) is 12.6. The summed E-state index contributed by atoms with van der Waals surface area (Å²) in [6.07, 6.45) is 0. The fourth-order valence-electron chi connectivity index (χ4n) is 10.2. The molecule has 10 aromatic carbocycles. The molecule has 2 heterocycles. The van der Waals surface area contributed by atoms with Crippen molar-refractivity contribution >= 4 is 38.9 Å². The van der Waals surface area contributed by atoms with Crippen molar-refractivity contribution < 1.29 is 0 Å². The lowest BCUT2D eigenvalue weighted by Gasteiger charge is -2.41. The largest absolute Gasteiger partial charge is 0.311 e. The second-order valence-electron chi connectivity index (χ2n) is 16.5. The first kappa shape index (κ1) is 36.6. The zero-order chi connectivity index (χ0) is 41.7. The van der Waals surface area contributed by atoms with Crippen LogP contribution in [0.1, 0.15) is 22.3 Å². The number of benzene rings is 10. The predicted molar refractivity (Wildman–Crippen MR) is 264 cm³/mol. The first-order chi connectivity index (χ1) is 31.3. The minimum atomic E-state index is -0.489. The lowest BCUT2D eigenvalue weighted by Crippen LogP contribution is -2.35. The molecule has 2 nitrogen and oxygen atoms in total. The van der Waals surface area contributed by atoms with Crippen molar-refractivity contribution in [3.63, 3.8) is 0 Å². The van der Waals surface area contributed by atoms with E-state index in [2.05, 4.69) is 264 Å². The van der Waals surface area contributed by atoms with E-state index >= 15 is 0 Å². The second kappa shape index (κ2) is 15.1. The van der Waals surface area contributed by atoms with Crippen molar-refractivity contribution in [2.24, 2.45) is 0 Å². The molecular weight excluding hydrogens is 761 g/mol. The Balaban J connectivity index is 0.976. The van der Waals surface area contributed by atoms with E-state index in [1.54, 1.807) is 0 Å². The predicted octanol–water partition coefficient (Wildman–Crippen LogP) is 16.0. The summed E-state index contributed by atoms with van der Waals surface area (Å²) < 4.78 is 2.51. The minimum Gasteiger partial charge on any atom is -0.311 e. The van der Waals surface area contributed by atoms with Gasteiger partial charge in [-0.25, -0.2) is 0 Å². The smallest absolute Gasteiger partial charge is 0.0742 e. The molecule has 11 aromatic rings. The van der Waals surface area contributed by atoms with Crippen molar-refractivity contribution in [2.45, 2.75) is 5.41 Å². The Bertz CT molecular complexity index is 3270. The molecule has 0 spiro atoms. The highest BCUT2D eigenvalue weighted by atomic mass is 15.1. The van der Waals surface area contributed by atoms with Crippen LogP contribution in [-0.2, 0) is 5.41 Å². The molecule has 0 saturated heterocycles. The zero-order valence-corrected chi connectivity index (χ0v) is 34.6. The average Bonchev–Trinajstić information content (AvgIpc) is 3.71. The third-order valence-electron chi connectivity index (χ3n) is 13.1. The van der Waals surface area contributed by atoms with Crippen LogP contribution in [0.2, 0.25) is 0 Å². The third kappa shape index (κ3) is 5.95. The van der Waals surface area contributed by atoms with Gasteiger partial charge in [0.05, 0.1) is 22.1 Å². The molecule has 12 rings (SSSR count). The van der Waals surface area contributed by atoms with Crippen LogP contribution in [0.3, 0.4) is 0 Å². The molecule has 1 aliphatic rings. The zero-order valence-electron chi connectivity index (χ0n) is 34.6. The van der Waals surface area contributed by atoms with Gasteiger partial charge in [-0.3, -0.25) is 0 Å². The highest BCUT2D eigenvalue weighted by Gasteiger charge is 2.45. The number of nitrogens with zero attached hydrogens (tertiary/aromatic N) is 2. The number of rotatable bonds is 8. The maximum Gasteiger partial charge on any atom is 0.0742 e. The molecule has 0 atom stereocenters. The van der Waals surface area contributed by atoms with Crippen molar-refractivity contribution in [2.75, 3.05) is 4.90 Å². The Morgan fingerprint density at radius 1 is 0.302 bits per heavy atom. The van der Waals surface area contributed by atoms with E-state index in [0.29, 0.717) is 0 Å². The van der Waals surface area contributed by atoms with Crippen molar-refractivity contribution in [1.29, 1.82) is 0 Å². The van der Waals surface area contributed by atoms with E-state index in [4.69, 9.17) is 0 Å². The maximum absolute atomic E-state index is 2.51. The number of hydrogen-bond acceptors (Lipinski definition) is 1. The van der Waals surface area contributed by atoms with Gasteiger partial charge in [0.1, 0.15) is 0 Å². The van der Waals surface area contributed by atoms with Gasteiger partial charge in [0.2, 0.25) is 0 Å². The molecule has 0 radical (unpaired) electrons. The Hall–Kier alpha value is -8.20. The highest BCUT2D eigenvalue weighted by molar-refractivity contribution is 6.13. The standard InChI is InChI=1S/C61H42N2/c1-5-16-43(17-6-1)45-28-35-51(36-29-45)62(52-37-30-46(31-38-52)44-18-7-2-8-19-44)53-39-32-47(33-40-53)48-34-41-58-55(42-48)54-24-15-26-57-60(54)63(58)59-27-14-13-25-56(59)61(57,49-20-9-3-10-21-49)50-22-11-4-12-23-50/h1-42H. The summed E-state index contributed by atoms with van der Waals surface area (Å²) >= 11 is 0. The van der Waals surface area contributed by atoms with Crippen LogP contribution < -0.4 is 4.90 Å². The third-order valence-corrected chi connectivity index (χ3v) is 13.1. The van der Waals surface area contributed by atoms with Gasteiger partial charge in [-0.2, -0.15) is 0 Å². The van der Waals surface area contributed by atoms with Gasteiger partial charge in [-0.15, -0.1) is 0 Å². The minimum absolute atomic E-state index is 0.489.